The quantitative estimate of drug-likeness (QED) is 0.0469. The second kappa shape index (κ2) is 25.6. The van der Waals surface area contributed by atoms with Gasteiger partial charge in [-0.2, -0.15) is 0 Å². The molecule has 3 unspecified atom stereocenters. The molecule has 3 atom stereocenters. The SMILES string of the molecule is CCCCCCCCCCCCCCC1OC1CCCCCCCCCCCCCCCCCC1=CC(C)OC1=O. The third kappa shape index (κ3) is 20.7. The first kappa shape index (κ1) is 36.4. The summed E-state index contributed by atoms with van der Waals surface area (Å²) >= 11 is 0. The molecule has 3 nitrogen and oxygen atoms in total. The Bertz CT molecular complexity index is 641. The molecule has 2 rings (SSSR count). The predicted octanol–water partition coefficient (Wildman–Crippen LogP) is 12.3. The zero-order valence-corrected chi connectivity index (χ0v) is 27.7. The van der Waals surface area contributed by atoms with E-state index in [2.05, 4.69) is 6.92 Å². The molecule has 0 spiro atoms. The molecule has 0 radical (unpaired) electrons. The Labute approximate surface area is 256 Å². The molecule has 240 valence electrons. The number of esters is 1. The summed E-state index contributed by atoms with van der Waals surface area (Å²) in [7, 11) is 0. The van der Waals surface area contributed by atoms with E-state index in [4.69, 9.17) is 9.47 Å². The standard InChI is InChI=1S/C38H70O3/c1-3-4-5-6-7-8-9-16-19-22-25-28-31-36-37(41-36)32-29-26-23-20-17-14-12-10-11-13-15-18-21-24-27-30-35-33-34(2)40-38(35)39/h33-34,36-37H,3-32H2,1-2H3. The van der Waals surface area contributed by atoms with E-state index in [0.717, 1.165) is 18.4 Å². The minimum Gasteiger partial charge on any atom is -0.455 e. The average Bonchev–Trinajstić information content (AvgIpc) is 3.63. The molecule has 2 aliphatic rings. The second-order valence-electron chi connectivity index (χ2n) is 13.5. The van der Waals surface area contributed by atoms with Crippen LogP contribution in [0.1, 0.15) is 206 Å². The van der Waals surface area contributed by atoms with Gasteiger partial charge in [-0.25, -0.2) is 4.79 Å². The molecule has 41 heavy (non-hydrogen) atoms. The molecule has 0 aromatic heterocycles. The fraction of sp³-hybridized carbons (Fsp3) is 0.921. The van der Waals surface area contributed by atoms with Crippen LogP contribution in [-0.2, 0) is 14.3 Å². The molecular formula is C38H70O3. The first-order chi connectivity index (χ1) is 20.2. The number of rotatable bonds is 31. The van der Waals surface area contributed by atoms with Crippen molar-refractivity contribution in [3.63, 3.8) is 0 Å². The molecule has 0 aromatic rings. The van der Waals surface area contributed by atoms with E-state index >= 15 is 0 Å². The molecule has 1 fully saturated rings. The third-order valence-corrected chi connectivity index (χ3v) is 9.46. The number of unbranched alkanes of at least 4 members (excludes halogenated alkanes) is 25. The van der Waals surface area contributed by atoms with E-state index < -0.39 is 0 Å². The van der Waals surface area contributed by atoms with Crippen LogP contribution < -0.4 is 0 Å². The fourth-order valence-electron chi connectivity index (χ4n) is 6.65. The van der Waals surface area contributed by atoms with Crippen LogP contribution in [0.4, 0.5) is 0 Å². The zero-order chi connectivity index (χ0) is 29.2. The third-order valence-electron chi connectivity index (χ3n) is 9.46. The van der Waals surface area contributed by atoms with E-state index in [9.17, 15) is 4.79 Å². The summed E-state index contributed by atoms with van der Waals surface area (Å²) in [5.41, 5.74) is 0.902. The van der Waals surface area contributed by atoms with Gasteiger partial charge in [0.25, 0.3) is 0 Å². The Morgan fingerprint density at radius 3 is 1.20 bits per heavy atom. The maximum Gasteiger partial charge on any atom is 0.334 e. The van der Waals surface area contributed by atoms with Crippen molar-refractivity contribution in [3.8, 4) is 0 Å². The molecule has 2 aliphatic heterocycles. The maximum atomic E-state index is 11.6. The predicted molar refractivity (Wildman–Crippen MR) is 176 cm³/mol. The minimum absolute atomic E-state index is 0.0168. The molecule has 0 aliphatic carbocycles. The van der Waals surface area contributed by atoms with Gasteiger partial charge in [-0.3, -0.25) is 0 Å². The van der Waals surface area contributed by atoms with Crippen molar-refractivity contribution >= 4 is 5.97 Å². The monoisotopic (exact) mass is 575 g/mol. The molecule has 3 heteroatoms. The number of carbonyl (C=O) groups excluding carboxylic acids is 1. The smallest absolute Gasteiger partial charge is 0.334 e. The highest BCUT2D eigenvalue weighted by molar-refractivity contribution is 5.90. The van der Waals surface area contributed by atoms with Gasteiger partial charge in [0, 0.05) is 5.57 Å². The van der Waals surface area contributed by atoms with E-state index in [0.29, 0.717) is 12.2 Å². The lowest BCUT2D eigenvalue weighted by Gasteiger charge is -2.04. The van der Waals surface area contributed by atoms with E-state index in [-0.39, 0.29) is 12.1 Å². The highest BCUT2D eigenvalue weighted by atomic mass is 16.6. The summed E-state index contributed by atoms with van der Waals surface area (Å²) < 4.78 is 11.1. The summed E-state index contributed by atoms with van der Waals surface area (Å²) in [6.45, 7) is 4.24. The van der Waals surface area contributed by atoms with Crippen molar-refractivity contribution in [1.29, 1.82) is 0 Å². The number of carbonyl (C=O) groups is 1. The molecule has 1 saturated heterocycles. The summed E-state index contributed by atoms with van der Waals surface area (Å²) in [5.74, 6) is -0.0885. The Morgan fingerprint density at radius 1 is 0.512 bits per heavy atom. The highest BCUT2D eigenvalue weighted by Crippen LogP contribution is 2.32. The van der Waals surface area contributed by atoms with Gasteiger partial charge in [-0.1, -0.05) is 174 Å². The van der Waals surface area contributed by atoms with Gasteiger partial charge < -0.3 is 9.47 Å². The molecule has 0 aromatic carbocycles. The fourth-order valence-corrected chi connectivity index (χ4v) is 6.65. The van der Waals surface area contributed by atoms with Crippen molar-refractivity contribution in [3.05, 3.63) is 11.6 Å². The normalized spacial score (nSPS) is 20.0. The van der Waals surface area contributed by atoms with Gasteiger partial charge in [-0.05, 0) is 38.7 Å². The average molecular weight is 575 g/mol. The van der Waals surface area contributed by atoms with Gasteiger partial charge in [0.15, 0.2) is 0 Å². The van der Waals surface area contributed by atoms with Crippen LogP contribution in [0.5, 0.6) is 0 Å². The zero-order valence-electron chi connectivity index (χ0n) is 27.7. The van der Waals surface area contributed by atoms with Crippen molar-refractivity contribution < 1.29 is 14.3 Å². The summed E-state index contributed by atoms with van der Waals surface area (Å²) in [6.07, 6.45) is 44.6. The van der Waals surface area contributed by atoms with Crippen LogP contribution in [0, 0.1) is 0 Å². The van der Waals surface area contributed by atoms with Crippen molar-refractivity contribution in [2.75, 3.05) is 0 Å². The van der Waals surface area contributed by atoms with Crippen molar-refractivity contribution in [2.24, 2.45) is 0 Å². The summed E-state index contributed by atoms with van der Waals surface area (Å²) in [6, 6.07) is 0. The lowest BCUT2D eigenvalue weighted by Crippen LogP contribution is -2.03. The van der Waals surface area contributed by atoms with E-state index in [1.54, 1.807) is 0 Å². The first-order valence-corrected chi connectivity index (χ1v) is 18.8. The van der Waals surface area contributed by atoms with Gasteiger partial charge in [0.05, 0.1) is 12.2 Å². The Kier molecular flexibility index (Phi) is 22.7. The van der Waals surface area contributed by atoms with Crippen molar-refractivity contribution in [1.82, 2.24) is 0 Å². The molecule has 0 N–H and O–H groups in total. The largest absolute Gasteiger partial charge is 0.455 e. The minimum atomic E-state index is -0.0885. The first-order valence-electron chi connectivity index (χ1n) is 18.8. The summed E-state index contributed by atoms with van der Waals surface area (Å²) in [5, 5.41) is 0. The molecule has 0 saturated carbocycles. The van der Waals surface area contributed by atoms with Crippen LogP contribution in [-0.4, -0.2) is 24.3 Å². The van der Waals surface area contributed by atoms with Gasteiger partial charge >= 0.3 is 5.97 Å². The Balaban J connectivity index is 1.19. The highest BCUT2D eigenvalue weighted by Gasteiger charge is 2.36. The van der Waals surface area contributed by atoms with Crippen LogP contribution in [0.15, 0.2) is 11.6 Å². The van der Waals surface area contributed by atoms with Gasteiger partial charge in [0.2, 0.25) is 0 Å². The number of cyclic esters (lactones) is 1. The van der Waals surface area contributed by atoms with Crippen LogP contribution in [0.2, 0.25) is 0 Å². The number of hydrogen-bond acceptors (Lipinski definition) is 3. The molecule has 0 bridgehead atoms. The number of hydrogen-bond donors (Lipinski definition) is 0. The lowest BCUT2D eigenvalue weighted by molar-refractivity contribution is -0.139. The number of ether oxygens (including phenoxy) is 2. The second-order valence-corrected chi connectivity index (χ2v) is 13.5. The van der Waals surface area contributed by atoms with Crippen LogP contribution in [0.3, 0.4) is 0 Å². The topological polar surface area (TPSA) is 38.8 Å². The van der Waals surface area contributed by atoms with Crippen LogP contribution >= 0.6 is 0 Å². The van der Waals surface area contributed by atoms with Crippen molar-refractivity contribution in [2.45, 2.75) is 225 Å². The molecule has 2 heterocycles. The summed E-state index contributed by atoms with van der Waals surface area (Å²) in [4.78, 5) is 11.6. The van der Waals surface area contributed by atoms with E-state index in [1.165, 1.54) is 180 Å². The number of epoxide rings is 1. The lowest BCUT2D eigenvalue weighted by atomic mass is 10.0. The van der Waals surface area contributed by atoms with Gasteiger partial charge in [-0.15, -0.1) is 0 Å². The van der Waals surface area contributed by atoms with Gasteiger partial charge in [0.1, 0.15) is 6.10 Å². The van der Waals surface area contributed by atoms with Crippen LogP contribution in [0.25, 0.3) is 0 Å². The molecular weight excluding hydrogens is 504 g/mol. The molecule has 0 amide bonds. The van der Waals surface area contributed by atoms with E-state index in [1.807, 2.05) is 13.0 Å². The Morgan fingerprint density at radius 2 is 0.854 bits per heavy atom. The Hall–Kier alpha value is -0.830. The maximum absolute atomic E-state index is 11.6.